The first-order chi connectivity index (χ1) is 16.9. The molecule has 0 spiro atoms. The summed E-state index contributed by atoms with van der Waals surface area (Å²) in [6.07, 6.45) is 0.442. The summed E-state index contributed by atoms with van der Waals surface area (Å²) in [5.41, 5.74) is 1.50. The maximum absolute atomic E-state index is 13.2. The highest BCUT2D eigenvalue weighted by Gasteiger charge is 2.22. The molecule has 35 heavy (non-hydrogen) atoms. The smallest absolute Gasteiger partial charge is 0.274 e. The van der Waals surface area contributed by atoms with Gasteiger partial charge in [0.15, 0.2) is 0 Å². The maximum atomic E-state index is 13.2. The van der Waals surface area contributed by atoms with E-state index in [1.165, 1.54) is 19.2 Å². The van der Waals surface area contributed by atoms with Crippen LogP contribution in [0, 0.1) is 6.92 Å². The third-order valence-electron chi connectivity index (χ3n) is 5.61. The minimum Gasteiger partial charge on any atom is -0.385 e. The van der Waals surface area contributed by atoms with Crippen molar-refractivity contribution in [1.82, 2.24) is 19.9 Å². The Morgan fingerprint density at radius 2 is 1.74 bits per heavy atom. The van der Waals surface area contributed by atoms with Crippen molar-refractivity contribution in [2.75, 3.05) is 69.9 Å². The second-order valence-electron chi connectivity index (χ2n) is 8.13. The molecule has 2 aliphatic heterocycles. The number of hydrogen-bond donors (Lipinski definition) is 1. The van der Waals surface area contributed by atoms with E-state index in [9.17, 15) is 14.4 Å². The Kier molecular flexibility index (Phi) is 7.85. The van der Waals surface area contributed by atoms with Crippen molar-refractivity contribution in [1.29, 1.82) is 0 Å². The molecule has 0 radical (unpaired) electrons. The predicted molar refractivity (Wildman–Crippen MR) is 125 cm³/mol. The number of nitrogens with one attached hydrogen (secondary N) is 1. The van der Waals surface area contributed by atoms with Gasteiger partial charge in [-0.1, -0.05) is 6.07 Å². The van der Waals surface area contributed by atoms with E-state index in [0.29, 0.717) is 81.8 Å². The number of ether oxygens (including phenoxy) is 2. The van der Waals surface area contributed by atoms with Gasteiger partial charge in [-0.05, 0) is 24.6 Å². The molecule has 2 aromatic rings. The zero-order valence-electron chi connectivity index (χ0n) is 19.7. The number of hydroxylamine groups is 2. The van der Waals surface area contributed by atoms with E-state index in [1.54, 1.807) is 24.1 Å². The molecule has 4 rings (SSSR count). The minimum atomic E-state index is -0.486. The number of carbonyl (C=O) groups is 3. The Morgan fingerprint density at radius 3 is 2.43 bits per heavy atom. The largest absolute Gasteiger partial charge is 0.385 e. The quantitative estimate of drug-likeness (QED) is 0.562. The van der Waals surface area contributed by atoms with Gasteiger partial charge in [0.1, 0.15) is 5.69 Å². The van der Waals surface area contributed by atoms with Gasteiger partial charge in [0.2, 0.25) is 18.2 Å². The second kappa shape index (κ2) is 11.2. The highest BCUT2D eigenvalue weighted by molar-refractivity contribution is 6.05. The number of nitrogens with zero attached hydrogens (tertiary/aromatic N) is 5. The fourth-order valence-electron chi connectivity index (χ4n) is 3.61. The summed E-state index contributed by atoms with van der Waals surface area (Å²) in [5.74, 6) is -0.330. The van der Waals surface area contributed by atoms with Gasteiger partial charge >= 0.3 is 0 Å². The molecule has 0 unspecified atom stereocenters. The summed E-state index contributed by atoms with van der Waals surface area (Å²) < 4.78 is 10.8. The molecular weight excluding hydrogens is 456 g/mol. The van der Waals surface area contributed by atoms with Crippen LogP contribution >= 0.6 is 0 Å². The van der Waals surface area contributed by atoms with E-state index < -0.39 is 11.8 Å². The monoisotopic (exact) mass is 484 g/mol. The fraction of sp³-hybridized carbons (Fsp3) is 0.435. The van der Waals surface area contributed by atoms with Crippen LogP contribution in [-0.2, 0) is 14.3 Å². The minimum absolute atomic E-state index is 0.114. The molecule has 0 atom stereocenters. The molecular formula is C23H28N6O6. The Labute approximate surface area is 202 Å². The Balaban J connectivity index is 1.58. The van der Waals surface area contributed by atoms with Gasteiger partial charge in [0.05, 0.1) is 39.5 Å². The number of aryl methyl sites for hydroxylation is 1. The van der Waals surface area contributed by atoms with Gasteiger partial charge in [0, 0.05) is 37.5 Å². The molecule has 0 saturated carbocycles. The molecule has 12 nitrogen and oxygen atoms in total. The van der Waals surface area contributed by atoms with Crippen molar-refractivity contribution < 1.29 is 28.7 Å². The zero-order chi connectivity index (χ0) is 24.8. The maximum Gasteiger partial charge on any atom is 0.274 e. The molecule has 186 valence electrons. The van der Waals surface area contributed by atoms with Crippen molar-refractivity contribution in [3.05, 3.63) is 41.1 Å². The van der Waals surface area contributed by atoms with Crippen LogP contribution < -0.4 is 15.1 Å². The molecule has 1 aromatic carbocycles. The number of amides is 3. The van der Waals surface area contributed by atoms with E-state index >= 15 is 0 Å². The third-order valence-corrected chi connectivity index (χ3v) is 5.61. The summed E-state index contributed by atoms with van der Waals surface area (Å²) in [5, 5.41) is 4.51. The van der Waals surface area contributed by atoms with Crippen LogP contribution in [0.1, 0.15) is 26.4 Å². The SMILES string of the molecule is Cc1ccc(NC(=O)c2cc(ON3CCOCC3)nc(N3CCOCC3)n2)cc1C(=O)N(C)C=O. The van der Waals surface area contributed by atoms with Crippen LogP contribution in [0.25, 0.3) is 0 Å². The van der Waals surface area contributed by atoms with Gasteiger partial charge in [-0.2, -0.15) is 4.98 Å². The lowest BCUT2D eigenvalue weighted by atomic mass is 10.1. The van der Waals surface area contributed by atoms with Gasteiger partial charge < -0.3 is 24.5 Å². The normalized spacial score (nSPS) is 16.5. The number of anilines is 2. The Bertz CT molecular complexity index is 1080. The van der Waals surface area contributed by atoms with Crippen molar-refractivity contribution in [3.63, 3.8) is 0 Å². The van der Waals surface area contributed by atoms with Crippen molar-refractivity contribution in [2.45, 2.75) is 6.92 Å². The number of aromatic nitrogens is 2. The fourth-order valence-corrected chi connectivity index (χ4v) is 3.61. The second-order valence-corrected chi connectivity index (χ2v) is 8.13. The zero-order valence-corrected chi connectivity index (χ0v) is 19.7. The molecule has 2 aliphatic rings. The van der Waals surface area contributed by atoms with Crippen molar-refractivity contribution in [3.8, 4) is 5.88 Å². The number of carbonyl (C=O) groups excluding carboxylic acids is 3. The average Bonchev–Trinajstić information content (AvgIpc) is 2.89. The number of imide groups is 1. The van der Waals surface area contributed by atoms with E-state index in [0.717, 1.165) is 4.90 Å². The molecule has 1 aromatic heterocycles. The van der Waals surface area contributed by atoms with E-state index in [-0.39, 0.29) is 11.6 Å². The summed E-state index contributed by atoms with van der Waals surface area (Å²) in [6.45, 7) is 6.26. The first kappa shape index (κ1) is 24.5. The van der Waals surface area contributed by atoms with E-state index in [2.05, 4.69) is 15.3 Å². The lowest BCUT2D eigenvalue weighted by Crippen LogP contribution is -2.40. The summed E-state index contributed by atoms with van der Waals surface area (Å²) in [7, 11) is 1.38. The molecule has 3 heterocycles. The third kappa shape index (κ3) is 6.10. The molecule has 1 N–H and O–H groups in total. The van der Waals surface area contributed by atoms with E-state index in [4.69, 9.17) is 14.3 Å². The standard InChI is InChI=1S/C23H28N6O6/c1-16-3-4-17(13-18(16)22(32)27(2)15-30)24-21(31)19-14-20(35-29-7-11-34-12-8-29)26-23(25-19)28-5-9-33-10-6-28/h3-4,13-15H,5-12H2,1-2H3,(H,24,31). The molecule has 2 fully saturated rings. The summed E-state index contributed by atoms with van der Waals surface area (Å²) >= 11 is 0. The van der Waals surface area contributed by atoms with Crippen LogP contribution in [0.3, 0.4) is 0 Å². The van der Waals surface area contributed by atoms with Crippen molar-refractivity contribution in [2.24, 2.45) is 0 Å². The topological polar surface area (TPSA) is 126 Å². The van der Waals surface area contributed by atoms with Gasteiger partial charge in [-0.15, -0.1) is 5.06 Å². The Morgan fingerprint density at radius 1 is 1.06 bits per heavy atom. The van der Waals surface area contributed by atoms with Gasteiger partial charge in [-0.25, -0.2) is 4.98 Å². The van der Waals surface area contributed by atoms with Gasteiger partial charge in [-0.3, -0.25) is 19.3 Å². The molecule has 2 saturated heterocycles. The molecule has 12 heteroatoms. The highest BCUT2D eigenvalue weighted by atomic mass is 16.7. The van der Waals surface area contributed by atoms with Crippen molar-refractivity contribution >= 4 is 29.9 Å². The first-order valence-electron chi connectivity index (χ1n) is 11.3. The van der Waals surface area contributed by atoms with Gasteiger partial charge in [0.25, 0.3) is 11.8 Å². The lowest BCUT2D eigenvalue weighted by molar-refractivity contribution is -0.120. The van der Waals surface area contributed by atoms with Crippen LogP contribution in [0.2, 0.25) is 0 Å². The molecule has 3 amide bonds. The predicted octanol–water partition coefficient (Wildman–Crippen LogP) is 0.728. The van der Waals surface area contributed by atoms with Crippen LogP contribution in [0.4, 0.5) is 11.6 Å². The van der Waals surface area contributed by atoms with Crippen LogP contribution in [0.15, 0.2) is 24.3 Å². The first-order valence-corrected chi connectivity index (χ1v) is 11.3. The number of rotatable bonds is 7. The summed E-state index contributed by atoms with van der Waals surface area (Å²) in [4.78, 5) is 54.4. The molecule has 0 aliphatic carbocycles. The number of benzene rings is 1. The lowest BCUT2D eigenvalue weighted by Gasteiger charge is -2.28. The Hall–Kier alpha value is -3.61. The van der Waals surface area contributed by atoms with Crippen LogP contribution in [-0.4, -0.2) is 97.8 Å². The number of hydrogen-bond acceptors (Lipinski definition) is 10. The van der Waals surface area contributed by atoms with Crippen LogP contribution in [0.5, 0.6) is 5.88 Å². The highest BCUT2D eigenvalue weighted by Crippen LogP contribution is 2.21. The number of morpholine rings is 2. The van der Waals surface area contributed by atoms with E-state index in [1.807, 2.05) is 4.90 Å². The molecule has 0 bridgehead atoms. The average molecular weight is 485 g/mol. The summed E-state index contributed by atoms with van der Waals surface area (Å²) in [6, 6.07) is 6.40.